The maximum atomic E-state index is 2.63. The van der Waals surface area contributed by atoms with E-state index in [0.717, 1.165) is 25.3 Å². The average Bonchev–Trinajstić information content (AvgIpc) is 3.51. The van der Waals surface area contributed by atoms with Crippen molar-refractivity contribution in [1.29, 1.82) is 0 Å². The molecular weight excluding hydrogens is 617 g/mol. The molecule has 5 rings (SSSR count). The first-order chi connectivity index (χ1) is 24.6. The number of benzene rings is 2. The van der Waals surface area contributed by atoms with Gasteiger partial charge < -0.3 is 4.90 Å². The van der Waals surface area contributed by atoms with E-state index in [4.69, 9.17) is 0 Å². The van der Waals surface area contributed by atoms with Crippen molar-refractivity contribution in [3.05, 3.63) is 107 Å². The van der Waals surface area contributed by atoms with Gasteiger partial charge in [-0.15, -0.1) is 0 Å². The molecule has 0 N–H and O–H groups in total. The van der Waals surface area contributed by atoms with Crippen molar-refractivity contribution in [3.8, 4) is 0 Å². The van der Waals surface area contributed by atoms with Crippen LogP contribution in [-0.2, 0) is 10.8 Å². The average molecular weight is 696 g/mol. The molecule has 0 radical (unpaired) electrons. The van der Waals surface area contributed by atoms with Gasteiger partial charge in [0.05, 0.1) is 5.41 Å². The van der Waals surface area contributed by atoms with E-state index >= 15 is 0 Å². The lowest BCUT2D eigenvalue weighted by Crippen LogP contribution is -2.27. The second-order valence-electron chi connectivity index (χ2n) is 14.3. The fourth-order valence-electron chi connectivity index (χ4n) is 7.52. The number of nitrogens with zero attached hydrogens (tertiary/aromatic N) is 2. The summed E-state index contributed by atoms with van der Waals surface area (Å²) in [6.07, 6.45) is 23.5. The summed E-state index contributed by atoms with van der Waals surface area (Å²) in [7, 11) is 2.21. The number of anilines is 1. The van der Waals surface area contributed by atoms with Gasteiger partial charge in [0.25, 0.3) is 0 Å². The zero-order chi connectivity index (χ0) is 38.6. The Kier molecular flexibility index (Phi) is 21.1. The van der Waals surface area contributed by atoms with Crippen LogP contribution >= 0.6 is 0 Å². The molecular formula is C49H79N2+. The number of unbranched alkanes of at least 4 members (excludes halogenated alkanes) is 3. The zero-order valence-corrected chi connectivity index (χ0v) is 36.0. The highest BCUT2D eigenvalue weighted by Gasteiger charge is 2.42. The number of rotatable bonds is 11. The van der Waals surface area contributed by atoms with E-state index < -0.39 is 0 Å². The van der Waals surface area contributed by atoms with Gasteiger partial charge in [-0.25, -0.2) is 0 Å². The quantitative estimate of drug-likeness (QED) is 0.167. The largest absolute Gasteiger partial charge is 0.344 e. The summed E-state index contributed by atoms with van der Waals surface area (Å²) >= 11 is 0. The summed E-state index contributed by atoms with van der Waals surface area (Å²) in [6, 6.07) is 17.9. The van der Waals surface area contributed by atoms with E-state index in [1.54, 1.807) is 0 Å². The first-order valence-electron chi connectivity index (χ1n) is 21.0. The van der Waals surface area contributed by atoms with E-state index in [-0.39, 0.29) is 10.8 Å². The molecule has 3 aliphatic rings. The Hall–Kier alpha value is -3.13. The van der Waals surface area contributed by atoms with Crippen LogP contribution < -0.4 is 4.90 Å². The van der Waals surface area contributed by atoms with E-state index in [1.165, 1.54) is 90.0 Å². The molecule has 2 heterocycles. The van der Waals surface area contributed by atoms with Gasteiger partial charge in [0.15, 0.2) is 5.71 Å². The molecule has 0 saturated heterocycles. The number of hydrogen-bond donors (Lipinski definition) is 0. The monoisotopic (exact) mass is 696 g/mol. The summed E-state index contributed by atoms with van der Waals surface area (Å²) < 4.78 is 2.37. The lowest BCUT2D eigenvalue weighted by molar-refractivity contribution is -0.401. The molecule has 2 aliphatic heterocycles. The highest BCUT2D eigenvalue weighted by molar-refractivity contribution is 6.03. The molecule has 0 fully saturated rings. The Labute approximate surface area is 317 Å². The van der Waals surface area contributed by atoms with Gasteiger partial charge in [0.1, 0.15) is 7.05 Å². The normalized spacial score (nSPS) is 18.6. The standard InChI is InChI=1S/C41H55N2.4C2H6/c1-8-31(2)18-11-9-10-16-29-43-37-24-15-13-22-35(37)41(5,6)39(43)28-26-33-20-17-19-32(30-33)25-27-38-40(3,4)34-21-12-14-23-36(34)42(38)7;4*1-2/h12-15,21-28,30-31H,8-11,16-20,29H2,1-7H3;4*1-2H3/q+1;;;;. The summed E-state index contributed by atoms with van der Waals surface area (Å²) in [5.74, 6) is 0.866. The smallest absolute Gasteiger partial charge is 0.209 e. The predicted octanol–water partition coefficient (Wildman–Crippen LogP) is 15.1. The molecule has 1 aliphatic carbocycles. The maximum absolute atomic E-state index is 2.63. The van der Waals surface area contributed by atoms with Gasteiger partial charge in [-0.2, -0.15) is 4.58 Å². The zero-order valence-electron chi connectivity index (χ0n) is 36.0. The Morgan fingerprint density at radius 1 is 0.725 bits per heavy atom. The molecule has 0 aromatic heterocycles. The van der Waals surface area contributed by atoms with Crippen molar-refractivity contribution >= 4 is 17.1 Å². The molecule has 0 spiro atoms. The van der Waals surface area contributed by atoms with Gasteiger partial charge in [0, 0.05) is 41.1 Å². The first kappa shape index (κ1) is 45.9. The number of para-hydroxylation sites is 2. The van der Waals surface area contributed by atoms with Crippen LogP contribution in [0.5, 0.6) is 0 Å². The Balaban J connectivity index is 0.00000152. The fourth-order valence-corrected chi connectivity index (χ4v) is 7.52. The number of allylic oxidation sites excluding steroid dienone is 8. The summed E-state index contributed by atoms with van der Waals surface area (Å²) in [6.45, 7) is 31.3. The Morgan fingerprint density at radius 3 is 1.98 bits per heavy atom. The summed E-state index contributed by atoms with van der Waals surface area (Å²) in [5.41, 5.74) is 11.3. The minimum absolute atomic E-state index is 0.00954. The van der Waals surface area contributed by atoms with Gasteiger partial charge in [0.2, 0.25) is 5.69 Å². The van der Waals surface area contributed by atoms with Crippen LogP contribution in [0.4, 0.5) is 11.4 Å². The molecule has 1 unspecified atom stereocenters. The number of hydrogen-bond acceptors (Lipinski definition) is 1. The van der Waals surface area contributed by atoms with Gasteiger partial charge in [-0.3, -0.25) is 0 Å². The maximum Gasteiger partial charge on any atom is 0.209 e. The fraction of sp³-hybridized carbons (Fsp3) is 0.571. The second kappa shape index (κ2) is 23.4. The van der Waals surface area contributed by atoms with Crippen LogP contribution in [0.3, 0.4) is 0 Å². The van der Waals surface area contributed by atoms with Crippen molar-refractivity contribution in [1.82, 2.24) is 0 Å². The van der Waals surface area contributed by atoms with E-state index in [9.17, 15) is 0 Å². The van der Waals surface area contributed by atoms with Crippen molar-refractivity contribution < 1.29 is 4.58 Å². The first-order valence-corrected chi connectivity index (χ1v) is 21.0. The van der Waals surface area contributed by atoms with Crippen LogP contribution in [0, 0.1) is 5.92 Å². The summed E-state index contributed by atoms with van der Waals surface area (Å²) in [4.78, 5) is 2.63. The molecule has 2 nitrogen and oxygen atoms in total. The van der Waals surface area contributed by atoms with Crippen molar-refractivity contribution in [2.24, 2.45) is 5.92 Å². The van der Waals surface area contributed by atoms with Gasteiger partial charge >= 0.3 is 0 Å². The minimum Gasteiger partial charge on any atom is -0.344 e. The molecule has 0 saturated carbocycles. The van der Waals surface area contributed by atoms with Crippen LogP contribution in [0.1, 0.15) is 166 Å². The van der Waals surface area contributed by atoms with E-state index in [0.29, 0.717) is 0 Å². The van der Waals surface area contributed by atoms with Crippen LogP contribution in [0.2, 0.25) is 0 Å². The third-order valence-electron chi connectivity index (χ3n) is 10.5. The van der Waals surface area contributed by atoms with Crippen molar-refractivity contribution in [3.63, 3.8) is 0 Å². The third-order valence-corrected chi connectivity index (χ3v) is 10.5. The van der Waals surface area contributed by atoms with Gasteiger partial charge in [-0.1, -0.05) is 170 Å². The SMILES string of the molecule is CC.CC.CC.CC.CCC(C)CCCCCCN1/C(=C/C=C2C=C(/C=C/C3=[N+](C)c4ccccc4C3(C)C)CCC/2)C(C)(C)c2ccccc21. The molecule has 2 aromatic rings. The van der Waals surface area contributed by atoms with E-state index in [2.05, 4.69) is 137 Å². The second-order valence-corrected chi connectivity index (χ2v) is 14.3. The molecule has 0 bridgehead atoms. The molecule has 51 heavy (non-hydrogen) atoms. The minimum atomic E-state index is 0.00954. The highest BCUT2D eigenvalue weighted by atomic mass is 15.2. The molecule has 2 aromatic carbocycles. The Morgan fingerprint density at radius 2 is 1.33 bits per heavy atom. The molecule has 0 amide bonds. The number of fused-ring (bicyclic) bond motifs is 2. The third kappa shape index (κ3) is 11.7. The summed E-state index contributed by atoms with van der Waals surface area (Å²) in [5, 5.41) is 0. The Bertz CT molecular complexity index is 1460. The molecule has 1 atom stereocenters. The molecule has 2 heteroatoms. The molecule has 284 valence electrons. The van der Waals surface area contributed by atoms with Crippen molar-refractivity contribution in [2.45, 2.75) is 166 Å². The predicted molar refractivity (Wildman–Crippen MR) is 232 cm³/mol. The topological polar surface area (TPSA) is 6.25 Å². The lowest BCUT2D eigenvalue weighted by atomic mass is 9.81. The lowest BCUT2D eigenvalue weighted by Gasteiger charge is -2.27. The van der Waals surface area contributed by atoms with Crippen molar-refractivity contribution in [2.75, 3.05) is 18.5 Å². The highest BCUT2D eigenvalue weighted by Crippen LogP contribution is 2.48. The van der Waals surface area contributed by atoms with Crippen LogP contribution in [0.15, 0.2) is 95.8 Å². The van der Waals surface area contributed by atoms with Gasteiger partial charge in [-0.05, 0) is 74.3 Å². The van der Waals surface area contributed by atoms with Crippen LogP contribution in [0.25, 0.3) is 0 Å². The van der Waals surface area contributed by atoms with Crippen LogP contribution in [-0.4, -0.2) is 23.9 Å². The van der Waals surface area contributed by atoms with E-state index in [1.807, 2.05) is 55.4 Å².